The predicted molar refractivity (Wildman–Crippen MR) is 32.4 cm³/mol. The van der Waals surface area contributed by atoms with Crippen LogP contribution in [-0.2, 0) is 4.79 Å². The van der Waals surface area contributed by atoms with Crippen molar-refractivity contribution in [3.63, 3.8) is 0 Å². The molecule has 1 atom stereocenters. The van der Waals surface area contributed by atoms with Gasteiger partial charge in [0.25, 0.3) is 5.91 Å². The van der Waals surface area contributed by atoms with Crippen LogP contribution < -0.4 is 16.5 Å². The van der Waals surface area contributed by atoms with Gasteiger partial charge < -0.3 is 5.32 Å². The summed E-state index contributed by atoms with van der Waals surface area (Å²) in [4.78, 5) is 10.6. The molecule has 5 nitrogen and oxygen atoms in total. The zero-order valence-corrected chi connectivity index (χ0v) is 5.01. The molecule has 1 amide bonds. The van der Waals surface area contributed by atoms with Crippen molar-refractivity contribution in [2.45, 2.75) is 13.2 Å². The van der Waals surface area contributed by atoms with Crippen molar-refractivity contribution in [3.05, 3.63) is 0 Å². The number of amides is 1. The topological polar surface area (TPSA) is 79.5 Å². The molecule has 1 unspecified atom stereocenters. The van der Waals surface area contributed by atoms with Gasteiger partial charge in [-0.2, -0.15) is 5.10 Å². The molecule has 5 heteroatoms. The van der Waals surface area contributed by atoms with E-state index in [9.17, 15) is 4.79 Å². The second-order valence-corrected chi connectivity index (χ2v) is 1.78. The molecule has 1 heterocycles. The molecule has 0 saturated heterocycles. The minimum Gasteiger partial charge on any atom is -0.317 e. The quantitative estimate of drug-likeness (QED) is 0.364. The van der Waals surface area contributed by atoms with E-state index in [0.717, 1.165) is 0 Å². The Morgan fingerprint density at radius 2 is 2.44 bits per heavy atom. The third-order valence-electron chi connectivity index (χ3n) is 0.987. The number of hydrogen-bond acceptors (Lipinski definition) is 4. The van der Waals surface area contributed by atoms with E-state index in [1.807, 2.05) is 0 Å². The lowest BCUT2D eigenvalue weighted by Crippen LogP contribution is -2.55. The Morgan fingerprint density at radius 3 is 2.89 bits per heavy atom. The van der Waals surface area contributed by atoms with Crippen LogP contribution in [-0.4, -0.2) is 17.9 Å². The number of carbonyl (C=O) groups excluding carboxylic acids is 1. The monoisotopic (exact) mass is 128 g/mol. The summed E-state index contributed by atoms with van der Waals surface area (Å²) in [5.41, 5.74) is 8.13. The predicted octanol–water partition coefficient (Wildman–Crippen LogP) is -1.68. The van der Waals surface area contributed by atoms with E-state index in [2.05, 4.69) is 15.8 Å². The molecule has 1 aliphatic rings. The maximum atomic E-state index is 10.6. The van der Waals surface area contributed by atoms with Crippen molar-refractivity contribution in [1.82, 2.24) is 10.7 Å². The summed E-state index contributed by atoms with van der Waals surface area (Å²) >= 11 is 0. The Balaban J connectivity index is 2.68. The molecule has 4 N–H and O–H groups in total. The van der Waals surface area contributed by atoms with E-state index in [0.29, 0.717) is 5.71 Å². The lowest BCUT2D eigenvalue weighted by molar-refractivity contribution is -0.116. The van der Waals surface area contributed by atoms with Crippen LogP contribution in [0.5, 0.6) is 0 Å². The molecular formula is C4H8N4O. The number of hydrazone groups is 1. The molecule has 0 bridgehead atoms. The van der Waals surface area contributed by atoms with Crippen LogP contribution in [0.2, 0.25) is 0 Å². The van der Waals surface area contributed by atoms with E-state index in [1.54, 1.807) is 6.92 Å². The van der Waals surface area contributed by atoms with Crippen molar-refractivity contribution in [2.75, 3.05) is 0 Å². The molecule has 0 aromatic heterocycles. The van der Waals surface area contributed by atoms with Crippen molar-refractivity contribution >= 4 is 11.6 Å². The highest BCUT2D eigenvalue weighted by Crippen LogP contribution is 1.82. The normalized spacial score (nSPS) is 26.2. The van der Waals surface area contributed by atoms with Gasteiger partial charge in [0.15, 0.2) is 6.29 Å². The number of hydrogen-bond donors (Lipinski definition) is 3. The fourth-order valence-electron chi connectivity index (χ4n) is 0.495. The van der Waals surface area contributed by atoms with Gasteiger partial charge in [0.05, 0.1) is 0 Å². The fraction of sp³-hybridized carbons (Fsp3) is 0.500. The van der Waals surface area contributed by atoms with Crippen LogP contribution in [0, 0.1) is 0 Å². The Kier molecular flexibility index (Phi) is 1.35. The Labute approximate surface area is 52.3 Å². The van der Waals surface area contributed by atoms with E-state index in [1.165, 1.54) is 0 Å². The summed E-state index contributed by atoms with van der Waals surface area (Å²) in [6.07, 6.45) is -0.541. The second kappa shape index (κ2) is 2.02. The summed E-state index contributed by atoms with van der Waals surface area (Å²) < 4.78 is 0. The largest absolute Gasteiger partial charge is 0.317 e. The molecule has 0 radical (unpaired) electrons. The third kappa shape index (κ3) is 1.17. The molecule has 1 aliphatic heterocycles. The number of nitrogens with one attached hydrogen (secondary N) is 2. The molecule has 0 aliphatic carbocycles. The lowest BCUT2D eigenvalue weighted by atomic mass is 10.4. The van der Waals surface area contributed by atoms with E-state index in [-0.39, 0.29) is 5.91 Å². The molecule has 0 aromatic carbocycles. The van der Waals surface area contributed by atoms with Crippen LogP contribution >= 0.6 is 0 Å². The standard InChI is InChI=1S/C4H8N4O/c1-2-3(9)6-4(5)8-7-2/h4,8H,5H2,1H3,(H,6,9). The Hall–Kier alpha value is -1.10. The average molecular weight is 128 g/mol. The summed E-state index contributed by atoms with van der Waals surface area (Å²) in [5, 5.41) is 6.05. The van der Waals surface area contributed by atoms with Crippen LogP contribution in [0.25, 0.3) is 0 Å². The van der Waals surface area contributed by atoms with Gasteiger partial charge in [0.2, 0.25) is 0 Å². The van der Waals surface area contributed by atoms with Gasteiger partial charge in [0, 0.05) is 0 Å². The van der Waals surface area contributed by atoms with Crippen molar-refractivity contribution in [3.8, 4) is 0 Å². The van der Waals surface area contributed by atoms with E-state index < -0.39 is 6.29 Å². The van der Waals surface area contributed by atoms with Gasteiger partial charge in [0.1, 0.15) is 5.71 Å². The SMILES string of the molecule is CC1=NNC(N)NC1=O. The Bertz CT molecular complexity index is 164. The summed E-state index contributed by atoms with van der Waals surface area (Å²) in [5.74, 6) is -0.221. The Morgan fingerprint density at radius 1 is 1.78 bits per heavy atom. The highest BCUT2D eigenvalue weighted by molar-refractivity contribution is 6.38. The van der Waals surface area contributed by atoms with Gasteiger partial charge in [-0.05, 0) is 6.92 Å². The first-order valence-electron chi connectivity index (χ1n) is 2.56. The highest BCUT2D eigenvalue weighted by Gasteiger charge is 2.13. The first kappa shape index (κ1) is 6.03. The smallest absolute Gasteiger partial charge is 0.269 e. The first-order chi connectivity index (χ1) is 4.20. The van der Waals surface area contributed by atoms with E-state index >= 15 is 0 Å². The van der Waals surface area contributed by atoms with Gasteiger partial charge in [-0.1, -0.05) is 0 Å². The molecule has 0 spiro atoms. The van der Waals surface area contributed by atoms with Gasteiger partial charge >= 0.3 is 0 Å². The summed E-state index contributed by atoms with van der Waals surface area (Å²) in [6, 6.07) is 0. The number of rotatable bonds is 0. The summed E-state index contributed by atoms with van der Waals surface area (Å²) in [7, 11) is 0. The number of nitrogens with two attached hydrogens (primary N) is 1. The molecule has 0 aromatic rings. The number of carbonyl (C=O) groups is 1. The lowest BCUT2D eigenvalue weighted by Gasteiger charge is -2.17. The van der Waals surface area contributed by atoms with Crippen molar-refractivity contribution < 1.29 is 4.79 Å². The molecule has 9 heavy (non-hydrogen) atoms. The fourth-order valence-corrected chi connectivity index (χ4v) is 0.495. The zero-order chi connectivity index (χ0) is 6.85. The minimum atomic E-state index is -0.541. The van der Waals surface area contributed by atoms with Gasteiger partial charge in [-0.3, -0.25) is 16.0 Å². The molecule has 0 fully saturated rings. The maximum absolute atomic E-state index is 10.6. The highest BCUT2D eigenvalue weighted by atomic mass is 16.2. The average Bonchev–Trinajstić information content (AvgIpc) is 1.80. The second-order valence-electron chi connectivity index (χ2n) is 1.78. The van der Waals surface area contributed by atoms with Crippen LogP contribution in [0.1, 0.15) is 6.92 Å². The molecule has 0 saturated carbocycles. The molecule has 1 rings (SSSR count). The van der Waals surface area contributed by atoms with Crippen LogP contribution in [0.3, 0.4) is 0 Å². The summed E-state index contributed by atoms with van der Waals surface area (Å²) in [6.45, 7) is 1.61. The third-order valence-corrected chi connectivity index (χ3v) is 0.987. The first-order valence-corrected chi connectivity index (χ1v) is 2.56. The molecule has 50 valence electrons. The van der Waals surface area contributed by atoms with Crippen molar-refractivity contribution in [2.24, 2.45) is 10.8 Å². The zero-order valence-electron chi connectivity index (χ0n) is 5.01. The minimum absolute atomic E-state index is 0.221. The van der Waals surface area contributed by atoms with Crippen LogP contribution in [0.15, 0.2) is 5.10 Å². The van der Waals surface area contributed by atoms with Crippen LogP contribution in [0.4, 0.5) is 0 Å². The molecular weight excluding hydrogens is 120 g/mol. The van der Waals surface area contributed by atoms with Gasteiger partial charge in [-0.15, -0.1) is 0 Å². The maximum Gasteiger partial charge on any atom is 0.269 e. The van der Waals surface area contributed by atoms with Gasteiger partial charge in [-0.25, -0.2) is 0 Å². The van der Waals surface area contributed by atoms with Crippen molar-refractivity contribution in [1.29, 1.82) is 0 Å². The van der Waals surface area contributed by atoms with E-state index in [4.69, 9.17) is 5.73 Å². The number of nitrogens with zero attached hydrogens (tertiary/aromatic N) is 1.